The first-order chi connectivity index (χ1) is 11.4. The van der Waals surface area contributed by atoms with Crippen molar-refractivity contribution in [1.29, 1.82) is 0 Å². The number of carboxylic acids is 1. The third-order valence-corrected chi connectivity index (χ3v) is 5.11. The number of amides is 2. The Balaban J connectivity index is 1.84. The Morgan fingerprint density at radius 3 is 2.42 bits per heavy atom. The lowest BCUT2D eigenvalue weighted by Gasteiger charge is -2.24. The molecule has 6 nitrogen and oxygen atoms in total. The molecule has 4 atom stereocenters. The third-order valence-electron chi connectivity index (χ3n) is 5.11. The van der Waals surface area contributed by atoms with Gasteiger partial charge in [0.25, 0.3) is 5.91 Å². The van der Waals surface area contributed by atoms with Gasteiger partial charge >= 0.3 is 5.97 Å². The molecule has 0 aliphatic heterocycles. The highest BCUT2D eigenvalue weighted by molar-refractivity contribution is 6.00. The van der Waals surface area contributed by atoms with Crippen LogP contribution in [0.1, 0.15) is 22.3 Å². The first-order valence-electron chi connectivity index (χ1n) is 7.97. The number of benzene rings is 1. The van der Waals surface area contributed by atoms with E-state index in [1.807, 2.05) is 12.2 Å². The van der Waals surface area contributed by atoms with Gasteiger partial charge in [0.2, 0.25) is 5.91 Å². The molecule has 0 spiro atoms. The maximum atomic E-state index is 12.7. The number of rotatable bonds is 4. The molecule has 3 N–H and O–H groups in total. The van der Waals surface area contributed by atoms with Crippen molar-refractivity contribution in [2.24, 2.45) is 23.7 Å². The van der Waals surface area contributed by atoms with Gasteiger partial charge in [0.15, 0.2) is 0 Å². The van der Waals surface area contributed by atoms with Gasteiger partial charge in [-0.05, 0) is 42.9 Å². The lowest BCUT2D eigenvalue weighted by molar-refractivity contribution is -0.146. The summed E-state index contributed by atoms with van der Waals surface area (Å²) in [6, 6.07) is 5.10. The van der Waals surface area contributed by atoms with Crippen LogP contribution in [0.5, 0.6) is 0 Å². The minimum absolute atomic E-state index is 0.0291. The van der Waals surface area contributed by atoms with E-state index in [4.69, 9.17) is 0 Å². The summed E-state index contributed by atoms with van der Waals surface area (Å²) in [5, 5.41) is 14.8. The molecular weight excluding hydrogens is 308 g/mol. The van der Waals surface area contributed by atoms with Gasteiger partial charge in [-0.15, -0.1) is 0 Å². The SMILES string of the molecule is CNC(=O)c1cccc(NC(=O)[C@@H]2[C@@H](C(=O)O)[C@H]3C=C[C@H]2C3)c1C. The number of carbonyl (C=O) groups is 3. The van der Waals surface area contributed by atoms with Gasteiger partial charge in [-0.3, -0.25) is 14.4 Å². The number of carbonyl (C=O) groups excluding carboxylic acids is 2. The molecule has 0 aromatic heterocycles. The van der Waals surface area contributed by atoms with Crippen molar-refractivity contribution in [2.45, 2.75) is 13.3 Å². The van der Waals surface area contributed by atoms with E-state index in [-0.39, 0.29) is 23.7 Å². The molecule has 2 aliphatic carbocycles. The second kappa shape index (κ2) is 6.11. The smallest absolute Gasteiger partial charge is 0.307 e. The summed E-state index contributed by atoms with van der Waals surface area (Å²) in [6.45, 7) is 1.76. The second-order valence-corrected chi connectivity index (χ2v) is 6.38. The van der Waals surface area contributed by atoms with E-state index < -0.39 is 17.8 Å². The zero-order valence-electron chi connectivity index (χ0n) is 13.6. The topological polar surface area (TPSA) is 95.5 Å². The normalized spacial score (nSPS) is 27.1. The molecule has 6 heteroatoms. The Kier molecular flexibility index (Phi) is 4.13. The lowest BCUT2D eigenvalue weighted by Crippen LogP contribution is -2.36. The van der Waals surface area contributed by atoms with Crippen LogP contribution in [0.4, 0.5) is 5.69 Å². The van der Waals surface area contributed by atoms with Crippen molar-refractivity contribution < 1.29 is 19.5 Å². The van der Waals surface area contributed by atoms with Crippen molar-refractivity contribution in [2.75, 3.05) is 12.4 Å². The molecule has 0 heterocycles. The fourth-order valence-electron chi connectivity index (χ4n) is 3.88. The number of hydrogen-bond donors (Lipinski definition) is 3. The van der Waals surface area contributed by atoms with Crippen molar-refractivity contribution in [3.63, 3.8) is 0 Å². The van der Waals surface area contributed by atoms with Gasteiger partial charge in [0.1, 0.15) is 0 Å². The van der Waals surface area contributed by atoms with Gasteiger partial charge in [0.05, 0.1) is 11.8 Å². The van der Waals surface area contributed by atoms with E-state index in [0.29, 0.717) is 23.2 Å². The Hall–Kier alpha value is -2.63. The quantitative estimate of drug-likeness (QED) is 0.735. The molecule has 1 saturated carbocycles. The number of nitrogens with one attached hydrogen (secondary N) is 2. The predicted molar refractivity (Wildman–Crippen MR) is 88.6 cm³/mol. The zero-order chi connectivity index (χ0) is 17.4. The average molecular weight is 328 g/mol. The highest BCUT2D eigenvalue weighted by atomic mass is 16.4. The third kappa shape index (κ3) is 2.58. The number of allylic oxidation sites excluding steroid dienone is 2. The van der Waals surface area contributed by atoms with Crippen LogP contribution >= 0.6 is 0 Å². The van der Waals surface area contributed by atoms with Crippen molar-refractivity contribution >= 4 is 23.5 Å². The number of fused-ring (bicyclic) bond motifs is 2. The van der Waals surface area contributed by atoms with E-state index in [1.165, 1.54) is 0 Å². The molecule has 0 radical (unpaired) electrons. The zero-order valence-corrected chi connectivity index (χ0v) is 13.6. The first-order valence-corrected chi connectivity index (χ1v) is 7.97. The molecule has 1 aromatic carbocycles. The Morgan fingerprint density at radius 1 is 1.12 bits per heavy atom. The Labute approximate surface area is 139 Å². The van der Waals surface area contributed by atoms with Crippen molar-refractivity contribution in [1.82, 2.24) is 5.32 Å². The van der Waals surface area contributed by atoms with Crippen LogP contribution in [-0.4, -0.2) is 29.9 Å². The standard InChI is InChI=1S/C18H20N2O4/c1-9-12(16(21)19-2)4-3-5-13(9)20-17(22)14-10-6-7-11(8-10)15(14)18(23)24/h3-7,10-11,14-15H,8H2,1-2H3,(H,19,21)(H,20,22)(H,23,24)/t10-,11-,14-,15-/m0/s1. The molecule has 0 unspecified atom stereocenters. The van der Waals surface area contributed by atoms with E-state index in [1.54, 1.807) is 32.2 Å². The Morgan fingerprint density at radius 2 is 1.79 bits per heavy atom. The van der Waals surface area contributed by atoms with E-state index in [9.17, 15) is 19.5 Å². The first kappa shape index (κ1) is 16.2. The molecular formula is C18H20N2O4. The van der Waals surface area contributed by atoms with E-state index in [0.717, 1.165) is 0 Å². The van der Waals surface area contributed by atoms with Crippen LogP contribution in [0.3, 0.4) is 0 Å². The summed E-state index contributed by atoms with van der Waals surface area (Å²) < 4.78 is 0. The minimum atomic E-state index is -0.928. The molecule has 0 saturated heterocycles. The van der Waals surface area contributed by atoms with Gasteiger partial charge in [-0.1, -0.05) is 18.2 Å². The summed E-state index contributed by atoms with van der Waals surface area (Å²) in [4.78, 5) is 36.1. The van der Waals surface area contributed by atoms with Crippen molar-refractivity contribution in [3.8, 4) is 0 Å². The molecule has 1 fully saturated rings. The van der Waals surface area contributed by atoms with Gasteiger partial charge in [-0.2, -0.15) is 0 Å². The van der Waals surface area contributed by atoms with Gasteiger partial charge in [0, 0.05) is 18.3 Å². The minimum Gasteiger partial charge on any atom is -0.481 e. The van der Waals surface area contributed by atoms with Gasteiger partial charge < -0.3 is 15.7 Å². The van der Waals surface area contributed by atoms with Crippen molar-refractivity contribution in [3.05, 3.63) is 41.5 Å². The molecule has 24 heavy (non-hydrogen) atoms. The van der Waals surface area contributed by atoms with Gasteiger partial charge in [-0.25, -0.2) is 0 Å². The van der Waals surface area contributed by atoms with Crippen LogP contribution in [-0.2, 0) is 9.59 Å². The number of aliphatic carboxylic acids is 1. The van der Waals surface area contributed by atoms with Crippen LogP contribution in [0.15, 0.2) is 30.4 Å². The van der Waals surface area contributed by atoms with Crippen LogP contribution in [0, 0.1) is 30.6 Å². The maximum absolute atomic E-state index is 12.7. The maximum Gasteiger partial charge on any atom is 0.307 e. The fourth-order valence-corrected chi connectivity index (χ4v) is 3.88. The highest BCUT2D eigenvalue weighted by Crippen LogP contribution is 2.48. The molecule has 2 aliphatic rings. The summed E-state index contributed by atoms with van der Waals surface area (Å²) in [6.07, 6.45) is 4.57. The number of carboxylic acid groups (broad SMARTS) is 1. The van der Waals surface area contributed by atoms with E-state index >= 15 is 0 Å². The summed E-state index contributed by atoms with van der Waals surface area (Å²) in [5.74, 6) is -2.79. The summed E-state index contributed by atoms with van der Waals surface area (Å²) in [5.41, 5.74) is 1.69. The molecule has 2 bridgehead atoms. The van der Waals surface area contributed by atoms with Crippen LogP contribution in [0.2, 0.25) is 0 Å². The Bertz CT molecular complexity index is 741. The largest absolute Gasteiger partial charge is 0.481 e. The molecule has 3 rings (SSSR count). The lowest BCUT2D eigenvalue weighted by atomic mass is 9.82. The summed E-state index contributed by atoms with van der Waals surface area (Å²) in [7, 11) is 1.55. The monoisotopic (exact) mass is 328 g/mol. The van der Waals surface area contributed by atoms with Crippen LogP contribution in [0.25, 0.3) is 0 Å². The molecule has 1 aromatic rings. The van der Waals surface area contributed by atoms with E-state index in [2.05, 4.69) is 10.6 Å². The predicted octanol–water partition coefficient (Wildman–Crippen LogP) is 1.82. The summed E-state index contributed by atoms with van der Waals surface area (Å²) >= 11 is 0. The number of anilines is 1. The average Bonchev–Trinajstić information content (AvgIpc) is 3.17. The molecule has 126 valence electrons. The highest BCUT2D eigenvalue weighted by Gasteiger charge is 2.51. The molecule has 2 amide bonds. The second-order valence-electron chi connectivity index (χ2n) is 6.38. The van der Waals surface area contributed by atoms with Crippen LogP contribution < -0.4 is 10.6 Å². The fraction of sp³-hybridized carbons (Fsp3) is 0.389. The number of hydrogen-bond acceptors (Lipinski definition) is 3.